The molecule has 1 heterocycles. The van der Waals surface area contributed by atoms with Crippen molar-refractivity contribution in [1.29, 1.82) is 0 Å². The largest absolute Gasteiger partial charge is 0.497 e. The molecule has 2 N–H and O–H groups in total. The van der Waals surface area contributed by atoms with Crippen molar-refractivity contribution in [2.45, 2.75) is 17.9 Å². The van der Waals surface area contributed by atoms with Crippen molar-refractivity contribution in [2.75, 3.05) is 12.4 Å². The summed E-state index contributed by atoms with van der Waals surface area (Å²) in [6.07, 6.45) is 0.206. The summed E-state index contributed by atoms with van der Waals surface area (Å²) >= 11 is 0. The van der Waals surface area contributed by atoms with Crippen LogP contribution in [0.4, 0.5) is 5.69 Å². The van der Waals surface area contributed by atoms with Crippen LogP contribution < -0.4 is 14.8 Å². The smallest absolute Gasteiger partial charge is 0.240 e. The van der Waals surface area contributed by atoms with Gasteiger partial charge in [0.15, 0.2) is 0 Å². The van der Waals surface area contributed by atoms with Gasteiger partial charge in [-0.3, -0.25) is 4.79 Å². The Hall–Kier alpha value is -2.38. The molecule has 2 aromatic carbocycles. The minimum Gasteiger partial charge on any atom is -0.497 e. The zero-order chi connectivity index (χ0) is 16.4. The van der Waals surface area contributed by atoms with Gasteiger partial charge >= 0.3 is 0 Å². The van der Waals surface area contributed by atoms with Gasteiger partial charge in [0.2, 0.25) is 15.9 Å². The highest BCUT2D eigenvalue weighted by molar-refractivity contribution is 7.89. The van der Waals surface area contributed by atoms with Gasteiger partial charge in [-0.25, -0.2) is 13.1 Å². The molecule has 1 aliphatic rings. The van der Waals surface area contributed by atoms with Gasteiger partial charge in [0.25, 0.3) is 0 Å². The first kappa shape index (κ1) is 15.5. The maximum atomic E-state index is 12.4. The molecule has 0 bridgehead atoms. The van der Waals surface area contributed by atoms with Crippen LogP contribution in [0.1, 0.15) is 11.1 Å². The Kier molecular flexibility index (Phi) is 4.06. The zero-order valence-electron chi connectivity index (χ0n) is 12.5. The summed E-state index contributed by atoms with van der Waals surface area (Å²) in [5.41, 5.74) is 2.19. The van der Waals surface area contributed by atoms with Crippen LogP contribution in [0.15, 0.2) is 47.4 Å². The summed E-state index contributed by atoms with van der Waals surface area (Å²) in [6, 6.07) is 11.8. The Morgan fingerprint density at radius 2 is 1.91 bits per heavy atom. The van der Waals surface area contributed by atoms with Gasteiger partial charge in [0, 0.05) is 12.2 Å². The number of sulfonamides is 1. The molecular formula is C16H16N2O4S. The monoisotopic (exact) mass is 332 g/mol. The van der Waals surface area contributed by atoms with E-state index < -0.39 is 10.0 Å². The van der Waals surface area contributed by atoms with Crippen molar-refractivity contribution in [3.8, 4) is 5.75 Å². The number of nitrogens with one attached hydrogen (secondary N) is 2. The van der Waals surface area contributed by atoms with E-state index in [2.05, 4.69) is 10.0 Å². The van der Waals surface area contributed by atoms with Crippen LogP contribution in [0.2, 0.25) is 0 Å². The molecule has 120 valence electrons. The van der Waals surface area contributed by atoms with Gasteiger partial charge in [-0.15, -0.1) is 0 Å². The van der Waals surface area contributed by atoms with Gasteiger partial charge in [0.05, 0.1) is 18.4 Å². The van der Waals surface area contributed by atoms with E-state index >= 15 is 0 Å². The van der Waals surface area contributed by atoms with Crippen LogP contribution in [0, 0.1) is 0 Å². The van der Waals surface area contributed by atoms with E-state index in [0.717, 1.165) is 5.56 Å². The predicted octanol–water partition coefficient (Wildman–Crippen LogP) is 1.67. The van der Waals surface area contributed by atoms with Crippen molar-refractivity contribution in [2.24, 2.45) is 0 Å². The molecule has 1 amide bonds. The van der Waals surface area contributed by atoms with E-state index in [9.17, 15) is 13.2 Å². The summed E-state index contributed by atoms with van der Waals surface area (Å²) in [4.78, 5) is 11.5. The molecule has 6 nitrogen and oxygen atoms in total. The standard InChI is InChI=1S/C16H16N2O4S/c1-22-13-4-2-11(3-5-13)10-17-23(20,21)14-6-7-15-12(8-14)9-16(19)18-15/h2-8,17H,9-10H2,1H3,(H,18,19). The predicted molar refractivity (Wildman–Crippen MR) is 85.8 cm³/mol. The third-order valence-electron chi connectivity index (χ3n) is 3.64. The Balaban J connectivity index is 1.74. The van der Waals surface area contributed by atoms with Crippen LogP contribution in [0.5, 0.6) is 5.75 Å². The molecule has 3 rings (SSSR count). The third kappa shape index (κ3) is 3.35. The second-order valence-electron chi connectivity index (χ2n) is 5.22. The first-order valence-electron chi connectivity index (χ1n) is 7.03. The molecule has 0 aromatic heterocycles. The Morgan fingerprint density at radius 3 is 2.61 bits per heavy atom. The molecule has 2 aromatic rings. The third-order valence-corrected chi connectivity index (χ3v) is 5.04. The van der Waals surface area contributed by atoms with E-state index in [0.29, 0.717) is 17.0 Å². The van der Waals surface area contributed by atoms with Crippen molar-refractivity contribution in [3.05, 3.63) is 53.6 Å². The number of rotatable bonds is 5. The summed E-state index contributed by atoms with van der Waals surface area (Å²) in [5, 5.41) is 2.68. The van der Waals surface area contributed by atoms with Gasteiger partial charge < -0.3 is 10.1 Å². The number of ether oxygens (including phenoxy) is 1. The second-order valence-corrected chi connectivity index (χ2v) is 6.98. The quantitative estimate of drug-likeness (QED) is 0.872. The lowest BCUT2D eigenvalue weighted by atomic mass is 10.2. The SMILES string of the molecule is COc1ccc(CNS(=O)(=O)c2ccc3c(c2)CC(=O)N3)cc1. The molecule has 0 saturated carbocycles. The second kappa shape index (κ2) is 6.02. The van der Waals surface area contributed by atoms with Crippen molar-refractivity contribution < 1.29 is 17.9 Å². The molecule has 23 heavy (non-hydrogen) atoms. The summed E-state index contributed by atoms with van der Waals surface area (Å²) in [5.74, 6) is 0.591. The average Bonchev–Trinajstić information content (AvgIpc) is 2.92. The van der Waals surface area contributed by atoms with Crippen LogP contribution in [-0.4, -0.2) is 21.4 Å². The van der Waals surface area contributed by atoms with E-state index in [1.54, 1.807) is 37.4 Å². The van der Waals surface area contributed by atoms with Gasteiger partial charge in [-0.1, -0.05) is 12.1 Å². The number of carbonyl (C=O) groups excluding carboxylic acids is 1. The van der Waals surface area contributed by atoms with Crippen LogP contribution in [0.25, 0.3) is 0 Å². The minimum absolute atomic E-state index is 0.124. The first-order valence-corrected chi connectivity index (χ1v) is 8.51. The van der Waals surface area contributed by atoms with Crippen molar-refractivity contribution in [3.63, 3.8) is 0 Å². The molecule has 7 heteroatoms. The number of anilines is 1. The van der Waals surface area contributed by atoms with Gasteiger partial charge in [0.1, 0.15) is 5.75 Å². The van der Waals surface area contributed by atoms with Crippen molar-refractivity contribution >= 4 is 21.6 Å². The molecule has 0 spiro atoms. The van der Waals surface area contributed by atoms with Crippen molar-refractivity contribution in [1.82, 2.24) is 4.72 Å². The average molecular weight is 332 g/mol. The minimum atomic E-state index is -3.63. The fourth-order valence-electron chi connectivity index (χ4n) is 2.38. The molecule has 0 aliphatic carbocycles. The maximum Gasteiger partial charge on any atom is 0.240 e. The number of benzene rings is 2. The fourth-order valence-corrected chi connectivity index (χ4v) is 3.45. The van der Waals surface area contributed by atoms with Crippen LogP contribution >= 0.6 is 0 Å². The molecular weight excluding hydrogens is 316 g/mol. The fraction of sp³-hybridized carbons (Fsp3) is 0.188. The van der Waals surface area contributed by atoms with E-state index in [1.807, 2.05) is 0 Å². The highest BCUT2D eigenvalue weighted by atomic mass is 32.2. The number of fused-ring (bicyclic) bond motifs is 1. The number of hydrogen-bond donors (Lipinski definition) is 2. The normalized spacial score (nSPS) is 13.5. The summed E-state index contributed by atoms with van der Waals surface area (Å²) in [7, 11) is -2.06. The van der Waals surface area contributed by atoms with Crippen LogP contribution in [-0.2, 0) is 27.8 Å². The highest BCUT2D eigenvalue weighted by Gasteiger charge is 2.21. The number of amides is 1. The van der Waals surface area contributed by atoms with Gasteiger partial charge in [-0.05, 0) is 41.5 Å². The number of hydrogen-bond acceptors (Lipinski definition) is 4. The van der Waals surface area contributed by atoms with Crippen LogP contribution in [0.3, 0.4) is 0 Å². The molecule has 0 radical (unpaired) electrons. The lowest BCUT2D eigenvalue weighted by molar-refractivity contribution is -0.115. The number of methoxy groups -OCH3 is 1. The zero-order valence-corrected chi connectivity index (χ0v) is 13.3. The molecule has 0 fully saturated rings. The Morgan fingerprint density at radius 1 is 1.17 bits per heavy atom. The Labute approximate surface area is 134 Å². The molecule has 0 unspecified atom stereocenters. The van der Waals surface area contributed by atoms with E-state index in [4.69, 9.17) is 4.74 Å². The Bertz CT molecular complexity index is 845. The lowest BCUT2D eigenvalue weighted by Gasteiger charge is -2.09. The first-order chi connectivity index (χ1) is 11.0. The summed E-state index contributed by atoms with van der Waals surface area (Å²) in [6.45, 7) is 0.181. The molecule has 0 atom stereocenters. The molecule has 0 saturated heterocycles. The van der Waals surface area contributed by atoms with Gasteiger partial charge in [-0.2, -0.15) is 0 Å². The van der Waals surface area contributed by atoms with E-state index in [-0.39, 0.29) is 23.8 Å². The highest BCUT2D eigenvalue weighted by Crippen LogP contribution is 2.25. The topological polar surface area (TPSA) is 84.5 Å². The maximum absolute atomic E-state index is 12.4. The number of carbonyl (C=O) groups is 1. The lowest BCUT2D eigenvalue weighted by Crippen LogP contribution is -2.23. The van der Waals surface area contributed by atoms with E-state index in [1.165, 1.54) is 12.1 Å². The summed E-state index contributed by atoms with van der Waals surface area (Å²) < 4.78 is 32.4. The molecule has 1 aliphatic heterocycles.